The number of nitrogens with zero attached hydrogens (tertiary/aromatic N) is 3. The quantitative estimate of drug-likeness (QED) is 0.221. The SMILES string of the molecule is CC(=O)OC[C@@H](N=[N+]=[N-])[C@@H](COC(C)=O)OC(C)=O. The molecule has 106 valence electrons. The normalized spacial score (nSPS) is 12.6. The van der Waals surface area contributed by atoms with Crippen molar-refractivity contribution in [3.8, 4) is 0 Å². The van der Waals surface area contributed by atoms with E-state index in [4.69, 9.17) is 19.7 Å². The summed E-state index contributed by atoms with van der Waals surface area (Å²) in [5, 5.41) is 3.36. The highest BCUT2D eigenvalue weighted by atomic mass is 16.6. The lowest BCUT2D eigenvalue weighted by molar-refractivity contribution is -0.159. The van der Waals surface area contributed by atoms with Crippen LogP contribution in [-0.2, 0) is 28.6 Å². The first kappa shape index (κ1) is 16.7. The van der Waals surface area contributed by atoms with Gasteiger partial charge in [0, 0.05) is 25.7 Å². The monoisotopic (exact) mass is 273 g/mol. The van der Waals surface area contributed by atoms with Crippen LogP contribution in [0.2, 0.25) is 0 Å². The van der Waals surface area contributed by atoms with Crippen LogP contribution >= 0.6 is 0 Å². The fraction of sp³-hybridized carbons (Fsp3) is 0.700. The van der Waals surface area contributed by atoms with Crippen LogP contribution in [0.25, 0.3) is 10.4 Å². The van der Waals surface area contributed by atoms with Crippen LogP contribution in [0.15, 0.2) is 5.11 Å². The van der Waals surface area contributed by atoms with E-state index in [9.17, 15) is 14.4 Å². The smallest absolute Gasteiger partial charge is 0.303 e. The summed E-state index contributed by atoms with van der Waals surface area (Å²) in [7, 11) is 0. The number of rotatable bonds is 7. The molecule has 0 bridgehead atoms. The number of hydrogen-bond acceptors (Lipinski definition) is 7. The second-order valence-corrected chi connectivity index (χ2v) is 3.53. The highest BCUT2D eigenvalue weighted by Gasteiger charge is 2.26. The molecule has 0 aliphatic carbocycles. The summed E-state index contributed by atoms with van der Waals surface area (Å²) in [5.74, 6) is -1.80. The molecule has 19 heavy (non-hydrogen) atoms. The topological polar surface area (TPSA) is 128 Å². The molecule has 0 aromatic heterocycles. The minimum atomic E-state index is -1.02. The van der Waals surface area contributed by atoms with Crippen molar-refractivity contribution in [1.82, 2.24) is 0 Å². The molecule has 0 amide bonds. The number of carbonyl (C=O) groups excluding carboxylic acids is 3. The first-order valence-electron chi connectivity index (χ1n) is 5.35. The van der Waals surface area contributed by atoms with Gasteiger partial charge in [0.15, 0.2) is 0 Å². The maximum atomic E-state index is 10.9. The molecule has 0 unspecified atom stereocenters. The molecule has 0 rings (SSSR count). The van der Waals surface area contributed by atoms with Gasteiger partial charge in [0.1, 0.15) is 25.4 Å². The third-order valence-electron chi connectivity index (χ3n) is 1.85. The van der Waals surface area contributed by atoms with Crippen LogP contribution in [0.3, 0.4) is 0 Å². The average Bonchev–Trinajstić information content (AvgIpc) is 2.29. The molecule has 0 N–H and O–H groups in total. The molecule has 0 aromatic rings. The fourth-order valence-electron chi connectivity index (χ4n) is 1.12. The van der Waals surface area contributed by atoms with Crippen molar-refractivity contribution >= 4 is 17.9 Å². The highest BCUT2D eigenvalue weighted by Crippen LogP contribution is 2.08. The van der Waals surface area contributed by atoms with Gasteiger partial charge in [0.25, 0.3) is 0 Å². The molecule has 0 radical (unpaired) electrons. The fourth-order valence-corrected chi connectivity index (χ4v) is 1.12. The minimum Gasteiger partial charge on any atom is -0.465 e. The van der Waals surface area contributed by atoms with Crippen molar-refractivity contribution in [2.24, 2.45) is 5.11 Å². The lowest BCUT2D eigenvalue weighted by Gasteiger charge is -2.22. The molecule has 0 heterocycles. The summed E-state index contributed by atoms with van der Waals surface area (Å²) in [6.07, 6.45) is -1.02. The van der Waals surface area contributed by atoms with Gasteiger partial charge in [-0.2, -0.15) is 0 Å². The molecule has 0 aliphatic heterocycles. The van der Waals surface area contributed by atoms with Crippen LogP contribution in [0.1, 0.15) is 20.8 Å². The zero-order chi connectivity index (χ0) is 14.8. The number of azide groups is 1. The molecule has 9 nitrogen and oxygen atoms in total. The van der Waals surface area contributed by atoms with Crippen LogP contribution in [0, 0.1) is 0 Å². The molecule has 2 atom stereocenters. The van der Waals surface area contributed by atoms with Crippen molar-refractivity contribution < 1.29 is 28.6 Å². The lowest BCUT2D eigenvalue weighted by Crippen LogP contribution is -2.37. The van der Waals surface area contributed by atoms with Crippen LogP contribution in [-0.4, -0.2) is 43.3 Å². The van der Waals surface area contributed by atoms with E-state index < -0.39 is 30.1 Å². The van der Waals surface area contributed by atoms with E-state index >= 15 is 0 Å². The van der Waals surface area contributed by atoms with E-state index in [0.717, 1.165) is 6.92 Å². The Morgan fingerprint density at radius 3 is 2.00 bits per heavy atom. The van der Waals surface area contributed by atoms with Crippen molar-refractivity contribution in [3.05, 3.63) is 10.4 Å². The molecule has 0 spiro atoms. The van der Waals surface area contributed by atoms with Crippen molar-refractivity contribution in [1.29, 1.82) is 0 Å². The second-order valence-electron chi connectivity index (χ2n) is 3.53. The molecule has 0 aliphatic rings. The lowest BCUT2D eigenvalue weighted by atomic mass is 10.2. The molecular weight excluding hydrogens is 258 g/mol. The molecule has 0 saturated heterocycles. The Morgan fingerprint density at radius 2 is 1.58 bits per heavy atom. The zero-order valence-corrected chi connectivity index (χ0v) is 10.9. The maximum Gasteiger partial charge on any atom is 0.303 e. The van der Waals surface area contributed by atoms with E-state index in [-0.39, 0.29) is 13.2 Å². The van der Waals surface area contributed by atoms with Gasteiger partial charge in [-0.05, 0) is 5.53 Å². The van der Waals surface area contributed by atoms with Crippen LogP contribution in [0.4, 0.5) is 0 Å². The van der Waals surface area contributed by atoms with Crippen LogP contribution in [0.5, 0.6) is 0 Å². The van der Waals surface area contributed by atoms with Gasteiger partial charge < -0.3 is 14.2 Å². The van der Waals surface area contributed by atoms with Gasteiger partial charge in [0.05, 0.1) is 0 Å². The number of hydrogen-bond donors (Lipinski definition) is 0. The summed E-state index contributed by atoms with van der Waals surface area (Å²) in [4.78, 5) is 35.0. The third kappa shape index (κ3) is 8.44. The number of carbonyl (C=O) groups is 3. The third-order valence-corrected chi connectivity index (χ3v) is 1.85. The zero-order valence-electron chi connectivity index (χ0n) is 10.9. The van der Waals surface area contributed by atoms with Crippen LogP contribution < -0.4 is 0 Å². The highest BCUT2D eigenvalue weighted by molar-refractivity contribution is 5.67. The van der Waals surface area contributed by atoms with E-state index in [1.165, 1.54) is 13.8 Å². The van der Waals surface area contributed by atoms with Gasteiger partial charge >= 0.3 is 17.9 Å². The predicted molar refractivity (Wildman–Crippen MR) is 61.8 cm³/mol. The van der Waals surface area contributed by atoms with Gasteiger partial charge in [-0.3, -0.25) is 14.4 Å². The summed E-state index contributed by atoms with van der Waals surface area (Å²) in [5.41, 5.74) is 8.43. The summed E-state index contributed by atoms with van der Waals surface area (Å²) in [6.45, 7) is 2.94. The summed E-state index contributed by atoms with van der Waals surface area (Å²) in [6, 6.07) is -0.975. The van der Waals surface area contributed by atoms with Gasteiger partial charge in [0.2, 0.25) is 0 Å². The molecule has 0 aromatic carbocycles. The Balaban J connectivity index is 4.78. The van der Waals surface area contributed by atoms with E-state index in [1.807, 2.05) is 0 Å². The Bertz CT molecular complexity index is 391. The minimum absolute atomic E-state index is 0.279. The summed E-state index contributed by atoms with van der Waals surface area (Å²) >= 11 is 0. The Morgan fingerprint density at radius 1 is 1.05 bits per heavy atom. The van der Waals surface area contributed by atoms with Gasteiger partial charge in [-0.25, -0.2) is 0 Å². The van der Waals surface area contributed by atoms with E-state index in [0.29, 0.717) is 0 Å². The molecular formula is C10H15N3O6. The van der Waals surface area contributed by atoms with Crippen molar-refractivity contribution in [2.75, 3.05) is 13.2 Å². The first-order valence-corrected chi connectivity index (χ1v) is 5.35. The van der Waals surface area contributed by atoms with E-state index in [2.05, 4.69) is 10.0 Å². The predicted octanol–water partition coefficient (Wildman–Crippen LogP) is 0.723. The number of esters is 3. The van der Waals surface area contributed by atoms with E-state index in [1.54, 1.807) is 0 Å². The van der Waals surface area contributed by atoms with Crippen molar-refractivity contribution in [2.45, 2.75) is 32.9 Å². The second kappa shape index (κ2) is 8.76. The van der Waals surface area contributed by atoms with Gasteiger partial charge in [-0.1, -0.05) is 5.11 Å². The Kier molecular flexibility index (Phi) is 7.71. The Labute approximate surface area is 109 Å². The number of ether oxygens (including phenoxy) is 3. The average molecular weight is 273 g/mol. The largest absolute Gasteiger partial charge is 0.465 e. The maximum absolute atomic E-state index is 10.9. The molecule has 0 fully saturated rings. The molecule has 9 heteroatoms. The molecule has 0 saturated carbocycles. The van der Waals surface area contributed by atoms with Crippen molar-refractivity contribution in [3.63, 3.8) is 0 Å². The van der Waals surface area contributed by atoms with Gasteiger partial charge in [-0.15, -0.1) is 0 Å². The first-order chi connectivity index (χ1) is 8.86. The standard InChI is InChI=1S/C10H15N3O6/c1-6(14)17-4-9(12-13-11)10(19-8(3)16)5-18-7(2)15/h9-10H,4-5H2,1-3H3/t9-,10-/m1/s1. The Hall–Kier alpha value is -2.28. The summed E-state index contributed by atoms with van der Waals surface area (Å²) < 4.78 is 14.3.